The van der Waals surface area contributed by atoms with E-state index >= 15 is 4.39 Å². The number of imide groups is 1. The SMILES string of the molecule is CC[C@@]1(O)C(=O)OCc2c1cc1n(c2=O)Cc2c-1nc1cc(F)c(C)c3c1c2[C@@H](N(C)C(=O)[C@H](CC1CC1)OCNC(=O)CNC(=O)[C@H](Cc1ccccc1)NC(=O)CNC(=O)CNC(=O)[C@H](CN(CC(=O)OC(C)(C)C)C(=O)OC(C)(C)C)N1C(=O)C=CC1=O)CC3. The number of carbonyl (C=O) groups is 11. The van der Waals surface area contributed by atoms with Crippen LogP contribution in [-0.2, 0) is 98.5 Å². The molecular formula is C65H77FN10O17. The molecule has 3 aliphatic heterocycles. The Morgan fingerprint density at radius 3 is 2.12 bits per heavy atom. The number of hydrogen-bond acceptors (Lipinski definition) is 18. The lowest BCUT2D eigenvalue weighted by molar-refractivity contribution is -0.172. The zero-order valence-corrected chi connectivity index (χ0v) is 53.3. The summed E-state index contributed by atoms with van der Waals surface area (Å²) in [4.78, 5) is 169. The average Bonchev–Trinajstić information content (AvgIpc) is 1.64. The average molecular weight is 1290 g/mol. The highest BCUT2D eigenvalue weighted by molar-refractivity contribution is 6.15. The molecule has 2 aromatic heterocycles. The number of benzene rings is 2. The van der Waals surface area contributed by atoms with Gasteiger partial charge in [-0.15, -0.1) is 0 Å². The monoisotopic (exact) mass is 1290 g/mol. The molecule has 6 N–H and O–H groups in total. The van der Waals surface area contributed by atoms with Gasteiger partial charge in [0.1, 0.15) is 55.1 Å². The van der Waals surface area contributed by atoms with E-state index in [9.17, 15) is 62.6 Å². The number of pyridine rings is 2. The molecule has 0 bridgehead atoms. The minimum Gasteiger partial charge on any atom is -0.459 e. The van der Waals surface area contributed by atoms with Crippen molar-refractivity contribution in [1.29, 1.82) is 0 Å². The molecule has 5 atom stereocenters. The summed E-state index contributed by atoms with van der Waals surface area (Å²) in [6, 6.07) is 7.78. The van der Waals surface area contributed by atoms with Gasteiger partial charge in [-0.25, -0.2) is 19.0 Å². The molecule has 9 rings (SSSR count). The van der Waals surface area contributed by atoms with Crippen LogP contribution in [0.5, 0.6) is 0 Å². The van der Waals surface area contributed by atoms with Gasteiger partial charge in [0.2, 0.25) is 29.5 Å². The van der Waals surface area contributed by atoms with Gasteiger partial charge in [-0.1, -0.05) is 50.1 Å². The maximum Gasteiger partial charge on any atom is 0.410 e. The Morgan fingerprint density at radius 1 is 0.828 bits per heavy atom. The van der Waals surface area contributed by atoms with E-state index in [2.05, 4.69) is 26.6 Å². The third kappa shape index (κ3) is 15.4. The standard InChI is InChI=1S/C65H77FN10O17/c1-10-65(89)40-24-45-56-38(29-75(45)59(85)39(40)32-90-61(65)87)55-44(19-18-37-34(2)41(66)25-42(72-56)54(37)55)73(9)60(86)47(23-36-16-17-36)91-33-70-49(78)27-68-57(83)43(22-35-14-12-11-13-15-35)71-50(79)28-67-48(77)26-69-58(84)46(76-51(80)20-21-52(76)81)30-74(62(88)93-64(6,7)8)31-53(82)92-63(3,4)5/h11-15,20-21,24-25,36,43-44,46-47,89H,10,16-19,22-23,26-33H2,1-9H3,(H,67,77)(H,68,83)(H,69,84)(H,70,78)(H,71,79)/t43-,44-,46-,47-,65-/m0/s1. The van der Waals surface area contributed by atoms with Crippen molar-refractivity contribution < 1.29 is 81.2 Å². The van der Waals surface area contributed by atoms with E-state index < -0.39 is 157 Å². The van der Waals surface area contributed by atoms with Crippen molar-refractivity contribution in [2.75, 3.05) is 46.5 Å². The topological polar surface area (TPSA) is 350 Å². The summed E-state index contributed by atoms with van der Waals surface area (Å²) in [5.74, 6) is -8.70. The third-order valence-electron chi connectivity index (χ3n) is 16.7. The fraction of sp³-hybridized carbons (Fsp3) is 0.492. The quantitative estimate of drug-likeness (QED) is 0.0223. The van der Waals surface area contributed by atoms with Crippen LogP contribution in [0.1, 0.15) is 126 Å². The number of rotatable bonds is 24. The van der Waals surface area contributed by atoms with Crippen LogP contribution in [0.15, 0.2) is 59.4 Å². The first-order valence-electron chi connectivity index (χ1n) is 30.7. The summed E-state index contributed by atoms with van der Waals surface area (Å²) in [5.41, 5.74) is -0.304. The molecule has 496 valence electrons. The van der Waals surface area contributed by atoms with Crippen molar-refractivity contribution in [2.24, 2.45) is 5.92 Å². The molecule has 5 aliphatic rings. The summed E-state index contributed by atoms with van der Waals surface area (Å²) in [6.07, 6.45) is 2.35. The molecule has 9 amide bonds. The number of amides is 9. The number of halogens is 1. The van der Waals surface area contributed by atoms with Gasteiger partial charge >= 0.3 is 18.0 Å². The maximum absolute atomic E-state index is 15.7. The van der Waals surface area contributed by atoms with E-state index in [1.165, 1.54) is 10.6 Å². The van der Waals surface area contributed by atoms with E-state index in [0.29, 0.717) is 68.7 Å². The minimum atomic E-state index is -2.08. The van der Waals surface area contributed by atoms with Crippen LogP contribution < -0.4 is 32.1 Å². The first kappa shape index (κ1) is 67.9. The van der Waals surface area contributed by atoms with E-state index in [1.54, 1.807) is 104 Å². The van der Waals surface area contributed by atoms with Gasteiger partial charge in [0.25, 0.3) is 23.3 Å². The minimum absolute atomic E-state index is 0.0357. The van der Waals surface area contributed by atoms with Crippen molar-refractivity contribution >= 4 is 76.2 Å². The molecule has 2 aromatic carbocycles. The number of aryl methyl sites for hydroxylation is 1. The van der Waals surface area contributed by atoms with E-state index in [1.807, 2.05) is 0 Å². The van der Waals surface area contributed by atoms with Gasteiger partial charge in [0, 0.05) is 48.2 Å². The Hall–Kier alpha value is -9.44. The molecule has 0 radical (unpaired) electrons. The Morgan fingerprint density at radius 2 is 1.47 bits per heavy atom. The Kier molecular flexibility index (Phi) is 20.0. The lowest BCUT2D eigenvalue weighted by Crippen LogP contribution is -2.57. The van der Waals surface area contributed by atoms with Crippen molar-refractivity contribution in [3.63, 3.8) is 0 Å². The second-order valence-corrected chi connectivity index (χ2v) is 25.8. The molecule has 1 saturated carbocycles. The predicted molar refractivity (Wildman–Crippen MR) is 328 cm³/mol. The van der Waals surface area contributed by atoms with Crippen molar-refractivity contribution in [3.05, 3.63) is 110 Å². The number of cyclic esters (lactones) is 1. The van der Waals surface area contributed by atoms with Gasteiger partial charge in [0.15, 0.2) is 5.60 Å². The highest BCUT2D eigenvalue weighted by Crippen LogP contribution is 2.48. The van der Waals surface area contributed by atoms with Gasteiger partial charge in [-0.05, 0) is 108 Å². The number of aromatic nitrogens is 2. The van der Waals surface area contributed by atoms with Crippen LogP contribution in [0.25, 0.3) is 22.3 Å². The second kappa shape index (κ2) is 27.4. The van der Waals surface area contributed by atoms with Crippen molar-refractivity contribution in [2.45, 2.75) is 155 Å². The number of aliphatic hydroxyl groups is 1. The molecule has 0 unspecified atom stereocenters. The summed E-state index contributed by atoms with van der Waals surface area (Å²) in [6.45, 7) is 8.37. The second-order valence-electron chi connectivity index (χ2n) is 25.8. The van der Waals surface area contributed by atoms with Crippen molar-refractivity contribution in [3.8, 4) is 11.4 Å². The molecular weight excluding hydrogens is 1210 g/mol. The van der Waals surface area contributed by atoms with Crippen LogP contribution in [0, 0.1) is 18.7 Å². The normalized spacial score (nSPS) is 18.0. The van der Waals surface area contributed by atoms with E-state index in [0.717, 1.165) is 35.5 Å². The highest BCUT2D eigenvalue weighted by atomic mass is 19.1. The fourth-order valence-corrected chi connectivity index (χ4v) is 11.9. The largest absolute Gasteiger partial charge is 0.459 e. The zero-order valence-electron chi connectivity index (χ0n) is 53.3. The van der Waals surface area contributed by atoms with Gasteiger partial charge in [0.05, 0.1) is 61.2 Å². The summed E-state index contributed by atoms with van der Waals surface area (Å²) in [5, 5.41) is 24.5. The molecule has 0 spiro atoms. The zero-order chi connectivity index (χ0) is 67.6. The lowest BCUT2D eigenvalue weighted by Gasteiger charge is -2.36. The molecule has 0 saturated heterocycles. The maximum atomic E-state index is 15.7. The van der Waals surface area contributed by atoms with Gasteiger partial charge in [-0.3, -0.25) is 57.7 Å². The number of esters is 2. The van der Waals surface area contributed by atoms with Gasteiger partial charge in [-0.2, -0.15) is 0 Å². The lowest BCUT2D eigenvalue weighted by atomic mass is 9.81. The molecule has 5 heterocycles. The number of fused-ring (bicyclic) bond motifs is 5. The third-order valence-corrected chi connectivity index (χ3v) is 16.7. The first-order valence-corrected chi connectivity index (χ1v) is 30.7. The fourth-order valence-electron chi connectivity index (χ4n) is 11.9. The Balaban J connectivity index is 0.817. The van der Waals surface area contributed by atoms with Crippen LogP contribution in [0.2, 0.25) is 0 Å². The first-order chi connectivity index (χ1) is 43.9. The van der Waals surface area contributed by atoms with E-state index in [4.69, 9.17) is 23.9 Å². The molecule has 1 fully saturated rings. The number of ether oxygens (including phenoxy) is 4. The number of carbonyl (C=O) groups excluding carboxylic acids is 11. The highest BCUT2D eigenvalue weighted by Gasteiger charge is 2.47. The van der Waals surface area contributed by atoms with E-state index in [-0.39, 0.29) is 43.0 Å². The molecule has 2 aliphatic carbocycles. The molecule has 93 heavy (non-hydrogen) atoms. The summed E-state index contributed by atoms with van der Waals surface area (Å²) >= 11 is 0. The molecule has 27 nitrogen and oxygen atoms in total. The number of nitrogens with one attached hydrogen (secondary N) is 5. The van der Waals surface area contributed by atoms with Gasteiger partial charge < -0.3 is 60.1 Å². The Bertz CT molecular complexity index is 3800. The Labute approximate surface area is 534 Å². The molecule has 4 aromatic rings. The van der Waals surface area contributed by atoms with Crippen LogP contribution >= 0.6 is 0 Å². The predicted octanol–water partition coefficient (Wildman–Crippen LogP) is 2.18. The number of likely N-dealkylation sites (N-methyl/N-ethyl adjacent to an activating group) is 1. The summed E-state index contributed by atoms with van der Waals surface area (Å²) in [7, 11) is 1.64. The number of hydrogen-bond donors (Lipinski definition) is 6. The smallest absolute Gasteiger partial charge is 0.410 e. The molecule has 28 heteroatoms. The summed E-state index contributed by atoms with van der Waals surface area (Å²) < 4.78 is 39.4. The van der Waals surface area contributed by atoms with Crippen LogP contribution in [0.4, 0.5) is 9.18 Å². The van der Waals surface area contributed by atoms with Crippen molar-refractivity contribution in [1.82, 2.24) is 50.8 Å². The number of nitrogens with zero attached hydrogens (tertiary/aromatic N) is 5. The van der Waals surface area contributed by atoms with Crippen LogP contribution in [0.3, 0.4) is 0 Å². The van der Waals surface area contributed by atoms with Crippen LogP contribution in [-0.4, -0.2) is 171 Å².